The van der Waals surface area contributed by atoms with Gasteiger partial charge in [-0.05, 0) is 31.2 Å². The Morgan fingerprint density at radius 1 is 1.15 bits per heavy atom. The van der Waals surface area contributed by atoms with Crippen molar-refractivity contribution in [1.82, 2.24) is 9.99 Å². The van der Waals surface area contributed by atoms with Gasteiger partial charge in [0.2, 0.25) is 0 Å². The van der Waals surface area contributed by atoms with E-state index in [9.17, 15) is 24.3 Å². The van der Waals surface area contributed by atoms with Crippen LogP contribution in [0.4, 0.5) is 10.5 Å². The largest absolute Gasteiger partial charge is 0.513 e. The van der Waals surface area contributed by atoms with E-state index < -0.39 is 36.9 Å². The number of ether oxygens (including phenoxy) is 1. The van der Waals surface area contributed by atoms with E-state index in [4.69, 9.17) is 18.9 Å². The summed E-state index contributed by atoms with van der Waals surface area (Å²) in [6.45, 7) is 1.69. The van der Waals surface area contributed by atoms with Gasteiger partial charge in [-0.3, -0.25) is 14.9 Å². The number of nitrogens with zero attached hydrogens (tertiary/aromatic N) is 2. The maximum absolute atomic E-state index is 13.5. The lowest BCUT2D eigenvalue weighted by atomic mass is 10.3. The first-order valence-corrected chi connectivity index (χ1v) is 11.4. The van der Waals surface area contributed by atoms with Crippen molar-refractivity contribution in [3.05, 3.63) is 64.7 Å². The summed E-state index contributed by atoms with van der Waals surface area (Å²) in [5.41, 5.74) is -0.182. The second-order valence-electron chi connectivity index (χ2n) is 7.17. The Labute approximate surface area is 188 Å². The van der Waals surface area contributed by atoms with Crippen LogP contribution in [0.25, 0.3) is 0 Å². The van der Waals surface area contributed by atoms with Gasteiger partial charge in [0, 0.05) is 25.1 Å². The van der Waals surface area contributed by atoms with Crippen LogP contribution in [0.3, 0.4) is 0 Å². The second kappa shape index (κ2) is 10.3. The van der Waals surface area contributed by atoms with Gasteiger partial charge in [0.1, 0.15) is 23.6 Å². The van der Waals surface area contributed by atoms with Crippen molar-refractivity contribution in [2.75, 3.05) is 13.1 Å². The zero-order chi connectivity index (χ0) is 24.0. The number of carbonyl (C=O) groups is 2. The summed E-state index contributed by atoms with van der Waals surface area (Å²) in [4.78, 5) is 34.9. The first kappa shape index (κ1) is 24.0. The van der Waals surface area contributed by atoms with Crippen LogP contribution in [0.5, 0.6) is 11.5 Å². The summed E-state index contributed by atoms with van der Waals surface area (Å²) in [5.74, 6) is -0.555. The van der Waals surface area contributed by atoms with Gasteiger partial charge >= 0.3 is 19.8 Å². The van der Waals surface area contributed by atoms with Crippen LogP contribution in [0.1, 0.15) is 13.3 Å². The molecule has 2 N–H and O–H groups in total. The van der Waals surface area contributed by atoms with E-state index in [1.807, 2.05) is 0 Å². The lowest BCUT2D eigenvalue weighted by Crippen LogP contribution is -2.38. The molecule has 3 atom stereocenters. The van der Waals surface area contributed by atoms with Crippen molar-refractivity contribution in [1.29, 1.82) is 0 Å². The number of carboxylic acid groups (broad SMARTS) is 1. The minimum absolute atomic E-state index is 0.0147. The highest BCUT2D eigenvalue weighted by molar-refractivity contribution is 7.52. The number of nitrogens with one attached hydrogen (secondary N) is 1. The van der Waals surface area contributed by atoms with Gasteiger partial charge in [-0.2, -0.15) is 5.09 Å². The molecule has 0 saturated carbocycles. The van der Waals surface area contributed by atoms with Crippen LogP contribution < -0.4 is 14.1 Å². The number of benzene rings is 2. The molecule has 12 nitrogen and oxygen atoms in total. The quantitative estimate of drug-likeness (QED) is 0.236. The fourth-order valence-electron chi connectivity index (χ4n) is 3.01. The number of nitro benzene ring substituents is 1. The molecule has 1 unspecified atom stereocenters. The maximum atomic E-state index is 13.5. The number of amides is 1. The highest BCUT2D eigenvalue weighted by Gasteiger charge is 2.36. The van der Waals surface area contributed by atoms with Crippen molar-refractivity contribution >= 4 is 25.5 Å². The molecule has 1 fully saturated rings. The molecule has 0 aromatic heterocycles. The van der Waals surface area contributed by atoms with Gasteiger partial charge in [-0.15, -0.1) is 0 Å². The van der Waals surface area contributed by atoms with E-state index in [0.29, 0.717) is 6.42 Å². The van der Waals surface area contributed by atoms with Crippen molar-refractivity contribution in [3.63, 3.8) is 0 Å². The van der Waals surface area contributed by atoms with E-state index in [-0.39, 0.29) is 30.3 Å². The Kier molecular flexibility index (Phi) is 7.52. The minimum atomic E-state index is -4.21. The van der Waals surface area contributed by atoms with Gasteiger partial charge < -0.3 is 23.8 Å². The van der Waals surface area contributed by atoms with Crippen molar-refractivity contribution < 1.29 is 38.0 Å². The lowest BCUT2D eigenvalue weighted by Gasteiger charge is -2.24. The number of esters is 1. The number of nitro groups is 1. The molecular weight excluding hydrogens is 457 g/mol. The van der Waals surface area contributed by atoms with Crippen LogP contribution in [0, 0.1) is 10.1 Å². The van der Waals surface area contributed by atoms with Gasteiger partial charge in [-0.1, -0.05) is 18.2 Å². The van der Waals surface area contributed by atoms with E-state index in [1.165, 1.54) is 43.3 Å². The number of non-ortho nitro benzene ring substituents is 1. The third-order valence-corrected chi connectivity index (χ3v) is 6.25. The third-order valence-electron chi connectivity index (χ3n) is 4.65. The number of carbonyl (C=O) groups excluding carboxylic acids is 1. The first-order chi connectivity index (χ1) is 15.6. The van der Waals surface area contributed by atoms with Gasteiger partial charge in [0.15, 0.2) is 0 Å². The standard InChI is InChI=1S/C20H22N3O9P/c1-14(19(24)30-18-11-12-22(13-18)20(25)26)21-33(29,31-16-5-3-2-4-6-16)32-17-9-7-15(8-10-17)23(27)28/h2-10,14,18H,11-13H2,1H3,(H,21,29)(H,25,26)/t14-,18-,33?/m0/s1. The fraction of sp³-hybridized carbons (Fsp3) is 0.300. The molecule has 1 amide bonds. The molecule has 1 heterocycles. The highest BCUT2D eigenvalue weighted by atomic mass is 31.2. The summed E-state index contributed by atoms with van der Waals surface area (Å²) < 4.78 is 29.8. The smallest absolute Gasteiger partial charge is 0.465 e. The molecule has 1 aliphatic heterocycles. The van der Waals surface area contributed by atoms with Gasteiger partial charge in [0.25, 0.3) is 5.69 Å². The fourth-order valence-corrected chi connectivity index (χ4v) is 4.53. The molecule has 176 valence electrons. The number of likely N-dealkylation sites (tertiary alicyclic amines) is 1. The zero-order valence-corrected chi connectivity index (χ0v) is 18.4. The summed E-state index contributed by atoms with van der Waals surface area (Å²) in [6.07, 6.45) is -1.37. The van der Waals surface area contributed by atoms with Crippen LogP contribution in [0.15, 0.2) is 54.6 Å². The Bertz CT molecular complexity index is 1050. The third kappa shape index (κ3) is 6.67. The number of hydrogen-bond donors (Lipinski definition) is 2. The van der Waals surface area contributed by atoms with Crippen LogP contribution in [0.2, 0.25) is 0 Å². The molecule has 1 aliphatic rings. The SMILES string of the molecule is C[C@H](NP(=O)(Oc1ccccc1)Oc1ccc([N+](=O)[O-])cc1)C(=O)O[C@H]1CCN(C(=O)O)C1. The summed E-state index contributed by atoms with van der Waals surface area (Å²) in [7, 11) is -4.21. The Morgan fingerprint density at radius 2 is 1.76 bits per heavy atom. The summed E-state index contributed by atoms with van der Waals surface area (Å²) in [5, 5.41) is 22.4. The Morgan fingerprint density at radius 3 is 2.30 bits per heavy atom. The predicted molar refractivity (Wildman–Crippen MR) is 115 cm³/mol. The summed E-state index contributed by atoms with van der Waals surface area (Å²) >= 11 is 0. The van der Waals surface area contributed by atoms with Crippen LogP contribution >= 0.6 is 7.75 Å². The van der Waals surface area contributed by atoms with Crippen molar-refractivity contribution in [3.8, 4) is 11.5 Å². The molecule has 2 aromatic carbocycles. The zero-order valence-electron chi connectivity index (χ0n) is 17.5. The Hall–Kier alpha value is -3.63. The molecule has 2 aromatic rings. The van der Waals surface area contributed by atoms with E-state index >= 15 is 0 Å². The number of para-hydroxylation sites is 1. The van der Waals surface area contributed by atoms with E-state index in [0.717, 1.165) is 4.90 Å². The van der Waals surface area contributed by atoms with Crippen molar-refractivity contribution in [2.24, 2.45) is 0 Å². The molecular formula is C20H22N3O9P. The molecule has 0 radical (unpaired) electrons. The van der Waals surface area contributed by atoms with Gasteiger partial charge in [0.05, 0.1) is 11.5 Å². The monoisotopic (exact) mass is 479 g/mol. The molecule has 33 heavy (non-hydrogen) atoms. The average Bonchev–Trinajstić information content (AvgIpc) is 3.23. The lowest BCUT2D eigenvalue weighted by molar-refractivity contribution is -0.384. The van der Waals surface area contributed by atoms with E-state index in [1.54, 1.807) is 18.2 Å². The Balaban J connectivity index is 1.71. The number of hydrogen-bond acceptors (Lipinski definition) is 8. The van der Waals surface area contributed by atoms with Crippen molar-refractivity contribution in [2.45, 2.75) is 25.5 Å². The van der Waals surface area contributed by atoms with E-state index in [2.05, 4.69) is 5.09 Å². The minimum Gasteiger partial charge on any atom is -0.465 e. The molecule has 13 heteroatoms. The molecule has 3 rings (SSSR count). The average molecular weight is 479 g/mol. The first-order valence-electron chi connectivity index (χ1n) is 9.90. The highest BCUT2D eigenvalue weighted by Crippen LogP contribution is 2.45. The molecule has 1 saturated heterocycles. The normalized spacial score (nSPS) is 18.1. The van der Waals surface area contributed by atoms with Crippen LogP contribution in [-0.2, 0) is 14.1 Å². The molecule has 0 spiro atoms. The van der Waals surface area contributed by atoms with Crippen LogP contribution in [-0.4, -0.2) is 52.2 Å². The maximum Gasteiger partial charge on any atom is 0.513 e. The molecule has 0 bridgehead atoms. The van der Waals surface area contributed by atoms with Gasteiger partial charge in [-0.25, -0.2) is 9.36 Å². The predicted octanol–water partition coefficient (Wildman–Crippen LogP) is 3.43. The second-order valence-corrected chi connectivity index (χ2v) is 8.79. The summed E-state index contributed by atoms with van der Waals surface area (Å²) in [6, 6.07) is 11.8. The topological polar surface area (TPSA) is 158 Å². The molecule has 0 aliphatic carbocycles. The number of rotatable bonds is 9.